The fourth-order valence-electron chi connectivity index (χ4n) is 17.7. The van der Waals surface area contributed by atoms with Crippen LogP contribution in [0.1, 0.15) is 130 Å². The van der Waals surface area contributed by atoms with Crippen molar-refractivity contribution in [1.82, 2.24) is 21.5 Å². The molecule has 16 rings (SSSR count). The van der Waals surface area contributed by atoms with Crippen molar-refractivity contribution in [2.75, 3.05) is 247 Å². The van der Waals surface area contributed by atoms with Crippen molar-refractivity contribution in [2.24, 2.45) is 11.8 Å². The fourth-order valence-corrected chi connectivity index (χ4v) is 27.3. The highest BCUT2D eigenvalue weighted by Gasteiger charge is 2.38. The molecule has 131 heavy (non-hydrogen) atoms. The second kappa shape index (κ2) is 46.5. The molecule has 0 radical (unpaired) electrons. The smallest absolute Gasteiger partial charge is 0.264 e. The van der Waals surface area contributed by atoms with Crippen LogP contribution in [0.2, 0.25) is 0 Å². The summed E-state index contributed by atoms with van der Waals surface area (Å²) >= 11 is 0. The summed E-state index contributed by atoms with van der Waals surface area (Å²) in [5, 5.41) is 0. The number of nitrogens with two attached hydrogens (primary N) is 6. The van der Waals surface area contributed by atoms with Gasteiger partial charge in [0.25, 0.3) is 10.0 Å². The van der Waals surface area contributed by atoms with E-state index in [9.17, 15) is 50.5 Å². The predicted molar refractivity (Wildman–Crippen MR) is 528 cm³/mol. The van der Waals surface area contributed by atoms with E-state index in [-0.39, 0.29) is 9.79 Å². The maximum atomic E-state index is 13.1. The number of piperidine rings is 3. The van der Waals surface area contributed by atoms with Gasteiger partial charge in [-0.1, -0.05) is 39.0 Å². The van der Waals surface area contributed by atoms with Crippen LogP contribution in [0.5, 0.6) is 0 Å². The molecule has 724 valence electrons. The third-order valence-electron chi connectivity index (χ3n) is 25.3. The first kappa shape index (κ1) is 103. The first-order valence-electron chi connectivity index (χ1n) is 46.0. The number of benzene rings is 7. The molecule has 9 heterocycles. The van der Waals surface area contributed by atoms with Crippen molar-refractivity contribution in [1.29, 1.82) is 0 Å². The molecule has 0 amide bonds. The number of sulfonamides is 6. The Labute approximate surface area is 779 Å². The normalized spacial score (nSPS) is 19.7. The lowest BCUT2D eigenvalue weighted by Crippen LogP contribution is -2.41. The monoisotopic (exact) mass is 1930 g/mol. The molecule has 9 aliphatic heterocycles. The molecule has 2 atom stereocenters. The van der Waals surface area contributed by atoms with Crippen LogP contribution in [-0.2, 0) is 74.4 Å². The molecule has 0 saturated carbocycles. The Kier molecular flexibility index (Phi) is 36.5. The van der Waals surface area contributed by atoms with Crippen molar-refractivity contribution in [3.8, 4) is 0 Å². The van der Waals surface area contributed by atoms with E-state index in [0.717, 1.165) is 158 Å². The lowest BCUT2D eigenvalue weighted by Gasteiger charge is -2.38. The fraction of sp³-hybridized carbons (Fsp3) is 0.543. The van der Waals surface area contributed by atoms with Gasteiger partial charge in [0, 0.05) is 179 Å². The molecule has 33 nitrogen and oxygen atoms in total. The minimum Gasteiger partial charge on any atom is -0.399 e. The molecular weight excluding hydrogens is 1790 g/mol. The highest BCUT2D eigenvalue weighted by molar-refractivity contribution is 7.93. The van der Waals surface area contributed by atoms with E-state index in [1.165, 1.54) is 21.1 Å². The van der Waals surface area contributed by atoms with Crippen LogP contribution in [0.15, 0.2) is 163 Å². The minimum atomic E-state index is -3.75. The molecule has 0 aliphatic carbocycles. The van der Waals surface area contributed by atoms with Crippen molar-refractivity contribution in [3.05, 3.63) is 139 Å². The van der Waals surface area contributed by atoms with Gasteiger partial charge < -0.3 is 78.0 Å². The quantitative estimate of drug-likeness (QED) is 0.0310. The summed E-state index contributed by atoms with van der Waals surface area (Å²) in [5.74, 6) is 1.13. The Morgan fingerprint density at radius 2 is 0.718 bits per heavy atom. The zero-order valence-electron chi connectivity index (χ0n) is 77.5. The van der Waals surface area contributed by atoms with Crippen molar-refractivity contribution >= 4 is 134 Å². The molecule has 39 heteroatoms. The van der Waals surface area contributed by atoms with Crippen LogP contribution >= 0.6 is 0 Å². The predicted octanol–water partition coefficient (Wildman–Crippen LogP) is 11.1. The van der Waals surface area contributed by atoms with Crippen molar-refractivity contribution < 1.29 is 64.7 Å². The number of nitrogens with zero attached hydrogens (tertiary/aromatic N) is 11. The van der Waals surface area contributed by atoms with E-state index in [2.05, 4.69) is 45.1 Å². The number of nitrogens with one attached hydrogen (secondary N) is 1. The van der Waals surface area contributed by atoms with Crippen LogP contribution in [0.3, 0.4) is 0 Å². The maximum Gasteiger partial charge on any atom is 0.264 e. The number of ether oxygens (including phenoxy) is 3. The number of rotatable bonds is 22. The van der Waals surface area contributed by atoms with E-state index < -0.39 is 60.1 Å². The lowest BCUT2D eigenvalue weighted by atomic mass is 9.99. The molecule has 9 fully saturated rings. The summed E-state index contributed by atoms with van der Waals surface area (Å²) in [6.07, 6.45) is 14.6. The molecule has 0 aromatic heterocycles. The van der Waals surface area contributed by atoms with Crippen molar-refractivity contribution in [3.63, 3.8) is 0 Å². The van der Waals surface area contributed by atoms with Gasteiger partial charge in [0.05, 0.1) is 79.5 Å². The Morgan fingerprint density at radius 3 is 1.16 bits per heavy atom. The first-order chi connectivity index (χ1) is 62.4. The third-order valence-corrected chi connectivity index (χ3v) is 36.2. The minimum absolute atomic E-state index is 0.188. The Bertz CT molecular complexity index is 5660. The zero-order chi connectivity index (χ0) is 94.6. The molecule has 0 spiro atoms. The molecule has 7 aromatic rings. The van der Waals surface area contributed by atoms with Crippen LogP contribution < -0.4 is 68.5 Å². The SMILES string of the molecule is CC1CCCN(S(=O)(=O)c2cc(N)ccc2N2CCCC2)C1.CC1CCN(c2ccc(N)cc2S(=O)(=O)N2CCCC2)CC1.CCC1CCCCN1c1ccc(N)cc1S(=O)(=O)N(C)C.CCN(CC)c1ccc(N)cc1S(=O)(=O)N1CCOCC1.Cc1ccccc1NS(=O)(=O)c1cc(N)ccc1N1CCOCC1.Nc1ccc(N2CCOCC2)c(S(=O)(=O)N2CCCC2)c1. The highest BCUT2D eigenvalue weighted by atomic mass is 32.2. The topological polar surface area (TPSA) is 436 Å². The number of hydrogen-bond donors (Lipinski definition) is 7. The number of nitrogen functional groups attached to an aromatic ring is 6. The summed E-state index contributed by atoms with van der Waals surface area (Å²) in [7, 11) is -18.1. The van der Waals surface area contributed by atoms with Gasteiger partial charge in [-0.15, -0.1) is 0 Å². The number of hydrogen-bond acceptors (Lipinski definition) is 27. The van der Waals surface area contributed by atoms with Crippen molar-refractivity contribution in [2.45, 2.75) is 167 Å². The van der Waals surface area contributed by atoms with E-state index in [1.54, 1.807) is 118 Å². The first-order valence-corrected chi connectivity index (χ1v) is 54.7. The van der Waals surface area contributed by atoms with Crippen LogP contribution in [0, 0.1) is 18.8 Å². The summed E-state index contributed by atoms with van der Waals surface area (Å²) in [6.45, 7) is 28.8. The van der Waals surface area contributed by atoms with Gasteiger partial charge in [0.15, 0.2) is 0 Å². The summed E-state index contributed by atoms with van der Waals surface area (Å²) in [6, 6.07) is 38.7. The van der Waals surface area contributed by atoms with E-state index in [4.69, 9.17) is 48.6 Å². The van der Waals surface area contributed by atoms with Crippen LogP contribution in [0.4, 0.5) is 73.9 Å². The molecule has 7 aromatic carbocycles. The Morgan fingerprint density at radius 1 is 0.359 bits per heavy atom. The number of para-hydroxylation sites is 1. The number of anilines is 13. The standard InChI is InChI=1S/C17H21N3O3S.2C16H25N3O2S.C15H25N3O2S.C14H21N3O3S.C14H23N3O3S/c1-13-4-2-3-5-15(13)19-24(21,22)17-12-14(18)6-7-16(17)20-8-10-23-11-9-20;1-13-6-10-18(11-7-13)15-5-4-14(17)12-16(15)22(20,21)19-8-2-3-9-19;1-13-5-4-10-19(12-13)22(20,21)16-11-14(17)6-7-15(16)18-8-2-3-9-18;1-4-13-7-5-6-10-18(13)14-9-8-12(16)11-15(14)21(19,20)17(2)3;15-12-3-4-13(16-7-9-20-10-8-16)14(11-12)21(18,19)17-5-1-2-6-17;1-3-16(4-2)13-6-5-12(15)11-14(13)21(18,19)17-7-9-20-10-8-17/h2-7,12,19H,8-11,18H2,1H3;4-5,12-13H,2-3,6-11,17H2,1H3;6-7,11,13H,2-5,8-10,12,17H2,1H3;8-9,11,13H,4-7,10,16H2,1-3H3;3-4,11H,1-2,5-10,15H2;5-6,11H,3-4,7-10,15H2,1-2H3. The van der Waals surface area contributed by atoms with Gasteiger partial charge in [0.2, 0.25) is 50.1 Å². The summed E-state index contributed by atoms with van der Waals surface area (Å²) in [4.78, 5) is 14.6. The summed E-state index contributed by atoms with van der Waals surface area (Å²) < 4.78 is 181. The van der Waals surface area contributed by atoms with Gasteiger partial charge in [0.1, 0.15) is 29.4 Å². The number of aryl methyl sites for hydroxylation is 1. The molecule has 13 N–H and O–H groups in total. The van der Waals surface area contributed by atoms with Gasteiger partial charge in [-0.3, -0.25) is 4.72 Å². The third kappa shape index (κ3) is 26.1. The van der Waals surface area contributed by atoms with Crippen LogP contribution in [0.25, 0.3) is 0 Å². The molecule has 2 unspecified atom stereocenters. The van der Waals surface area contributed by atoms with Gasteiger partial charge in [-0.2, -0.15) is 17.2 Å². The maximum absolute atomic E-state index is 13.1. The Hall–Kier alpha value is -8.68. The van der Waals surface area contributed by atoms with Gasteiger partial charge >= 0.3 is 0 Å². The molecular formula is C92H140N18O15S6. The summed E-state index contributed by atoms with van der Waals surface area (Å²) in [5.41, 5.74) is 43.8. The largest absolute Gasteiger partial charge is 0.399 e. The van der Waals surface area contributed by atoms with E-state index in [1.807, 2.05) is 67.0 Å². The second-order valence-corrected chi connectivity index (χ2v) is 46.3. The molecule has 9 saturated heterocycles. The second-order valence-electron chi connectivity index (χ2n) is 34.9. The molecule has 9 aliphatic rings. The lowest BCUT2D eigenvalue weighted by molar-refractivity contribution is 0.0730. The van der Waals surface area contributed by atoms with Gasteiger partial charge in [-0.05, 0) is 243 Å². The average Bonchev–Trinajstić information content (AvgIpc) is 1.77. The number of morpholine rings is 3. The zero-order valence-corrected chi connectivity index (χ0v) is 82.4. The Balaban J connectivity index is 0.000000152. The van der Waals surface area contributed by atoms with Crippen LogP contribution in [-0.4, -0.2) is 256 Å². The van der Waals surface area contributed by atoms with E-state index in [0.29, 0.717) is 207 Å². The van der Waals surface area contributed by atoms with E-state index >= 15 is 0 Å². The highest BCUT2D eigenvalue weighted by Crippen LogP contribution is 2.41. The molecule has 0 bridgehead atoms. The average molecular weight is 1930 g/mol. The van der Waals surface area contributed by atoms with Gasteiger partial charge in [-0.25, -0.2) is 54.8 Å².